The van der Waals surface area contributed by atoms with E-state index in [0.29, 0.717) is 43.6 Å². The minimum absolute atomic E-state index is 0.336. The quantitative estimate of drug-likeness (QED) is 0.886. The van der Waals surface area contributed by atoms with Crippen LogP contribution >= 0.6 is 11.8 Å². The lowest BCUT2D eigenvalue weighted by Gasteiger charge is -2.39. The highest BCUT2D eigenvalue weighted by Gasteiger charge is 2.31. The summed E-state index contributed by atoms with van der Waals surface area (Å²) >= 11 is 1.47. The van der Waals surface area contributed by atoms with E-state index in [9.17, 15) is 18.3 Å². The molecular formula is C16H19F3N4OS. The molecule has 0 amide bonds. The summed E-state index contributed by atoms with van der Waals surface area (Å²) in [6.07, 6.45) is -4.81. The number of aliphatic imine (C=N–C) groups is 2. The number of anilines is 1. The molecule has 0 spiro atoms. The molecule has 136 valence electrons. The molecular weight excluding hydrogens is 353 g/mol. The number of nitrogens with zero attached hydrogens (tertiary/aromatic N) is 4. The van der Waals surface area contributed by atoms with E-state index in [-0.39, 0.29) is 0 Å². The Morgan fingerprint density at radius 3 is 2.48 bits per heavy atom. The van der Waals surface area contributed by atoms with E-state index in [2.05, 4.69) is 14.9 Å². The fourth-order valence-corrected chi connectivity index (χ4v) is 3.36. The van der Waals surface area contributed by atoms with Crippen LogP contribution in [-0.4, -0.2) is 59.2 Å². The van der Waals surface area contributed by atoms with Crippen LogP contribution in [-0.2, 0) is 6.18 Å². The fourth-order valence-electron chi connectivity index (χ4n) is 2.62. The number of piperazine rings is 1. The van der Waals surface area contributed by atoms with Gasteiger partial charge in [0.2, 0.25) is 0 Å². The Morgan fingerprint density at radius 1 is 1.24 bits per heavy atom. The molecule has 0 bridgehead atoms. The fraction of sp³-hybridized carbons (Fsp3) is 0.500. The van der Waals surface area contributed by atoms with Gasteiger partial charge < -0.3 is 14.9 Å². The Balaban J connectivity index is 1.57. The summed E-state index contributed by atoms with van der Waals surface area (Å²) in [6.45, 7) is 4.69. The zero-order chi connectivity index (χ0) is 18.0. The van der Waals surface area contributed by atoms with E-state index >= 15 is 0 Å². The van der Waals surface area contributed by atoms with Crippen molar-refractivity contribution in [2.45, 2.75) is 19.2 Å². The van der Waals surface area contributed by atoms with Crippen LogP contribution in [0.3, 0.4) is 0 Å². The van der Waals surface area contributed by atoms with E-state index in [1.165, 1.54) is 23.9 Å². The number of halogens is 3. The molecule has 1 N–H and O–H groups in total. The molecule has 1 atom stereocenters. The van der Waals surface area contributed by atoms with Gasteiger partial charge in [-0.1, -0.05) is 6.07 Å². The van der Waals surface area contributed by atoms with E-state index in [4.69, 9.17) is 0 Å². The predicted molar refractivity (Wildman–Crippen MR) is 94.2 cm³/mol. The normalized spacial score (nSPS) is 21.2. The van der Waals surface area contributed by atoms with Crippen molar-refractivity contribution in [2.24, 2.45) is 9.98 Å². The topological polar surface area (TPSA) is 51.4 Å². The van der Waals surface area contributed by atoms with E-state index in [1.54, 1.807) is 13.0 Å². The van der Waals surface area contributed by atoms with Gasteiger partial charge in [0.1, 0.15) is 0 Å². The van der Waals surface area contributed by atoms with Crippen LogP contribution < -0.4 is 4.90 Å². The number of rotatable bonds is 3. The first-order valence-corrected chi connectivity index (χ1v) is 8.81. The summed E-state index contributed by atoms with van der Waals surface area (Å²) in [6, 6.07) is 5.45. The number of aliphatic hydroxyl groups is 1. The Morgan fingerprint density at radius 2 is 1.88 bits per heavy atom. The molecule has 0 aromatic heterocycles. The third-order valence-corrected chi connectivity index (χ3v) is 4.89. The summed E-state index contributed by atoms with van der Waals surface area (Å²) in [7, 11) is 0. The predicted octanol–water partition coefficient (Wildman–Crippen LogP) is 2.67. The molecule has 1 fully saturated rings. The molecule has 0 unspecified atom stereocenters. The van der Waals surface area contributed by atoms with Gasteiger partial charge in [-0.25, -0.2) is 0 Å². The van der Waals surface area contributed by atoms with Gasteiger partial charge >= 0.3 is 6.18 Å². The van der Waals surface area contributed by atoms with Gasteiger partial charge in [0.05, 0.1) is 18.2 Å². The van der Waals surface area contributed by atoms with Crippen LogP contribution in [0.25, 0.3) is 0 Å². The summed E-state index contributed by atoms with van der Waals surface area (Å²) in [4.78, 5) is 12.6. The Labute approximate surface area is 148 Å². The summed E-state index contributed by atoms with van der Waals surface area (Å²) in [5, 5.41) is 10.7. The van der Waals surface area contributed by atoms with Crippen LogP contribution in [0, 0.1) is 0 Å². The zero-order valence-corrected chi connectivity index (χ0v) is 14.5. The lowest BCUT2D eigenvalue weighted by molar-refractivity contribution is -0.137. The lowest BCUT2D eigenvalue weighted by atomic mass is 10.1. The van der Waals surface area contributed by atoms with Gasteiger partial charge in [-0.3, -0.25) is 4.99 Å². The summed E-state index contributed by atoms with van der Waals surface area (Å²) in [5.74, 6) is 0. The van der Waals surface area contributed by atoms with Crippen molar-refractivity contribution in [1.82, 2.24) is 4.90 Å². The molecule has 1 saturated heterocycles. The van der Waals surface area contributed by atoms with Crippen molar-refractivity contribution in [2.75, 3.05) is 37.6 Å². The summed E-state index contributed by atoms with van der Waals surface area (Å²) in [5.41, 5.74) is -0.0258. The number of alkyl halides is 3. The van der Waals surface area contributed by atoms with E-state index < -0.39 is 17.8 Å². The lowest BCUT2D eigenvalue weighted by Crippen LogP contribution is -2.49. The number of hydrogen-bond donors (Lipinski definition) is 1. The monoisotopic (exact) mass is 372 g/mol. The van der Waals surface area contributed by atoms with Crippen molar-refractivity contribution in [1.29, 1.82) is 0 Å². The maximum Gasteiger partial charge on any atom is 0.416 e. The highest BCUT2D eigenvalue weighted by Crippen LogP contribution is 2.32. The minimum Gasteiger partial charge on any atom is -0.391 e. The third-order valence-electron chi connectivity index (χ3n) is 3.95. The van der Waals surface area contributed by atoms with Crippen molar-refractivity contribution >= 4 is 27.8 Å². The van der Waals surface area contributed by atoms with Crippen molar-refractivity contribution < 1.29 is 18.3 Å². The second kappa shape index (κ2) is 7.25. The number of hydrogen-bond acceptors (Lipinski definition) is 5. The molecule has 0 aliphatic carbocycles. The van der Waals surface area contributed by atoms with Gasteiger partial charge in [0, 0.05) is 31.9 Å². The zero-order valence-electron chi connectivity index (χ0n) is 13.7. The number of thioether (sulfide) groups is 1. The van der Waals surface area contributed by atoms with Crippen LogP contribution in [0.15, 0.2) is 34.3 Å². The Bertz CT molecular complexity index is 682. The largest absolute Gasteiger partial charge is 0.416 e. The van der Waals surface area contributed by atoms with E-state index in [0.717, 1.165) is 11.2 Å². The molecule has 1 aromatic carbocycles. The van der Waals surface area contributed by atoms with Crippen molar-refractivity contribution in [3.05, 3.63) is 29.8 Å². The van der Waals surface area contributed by atoms with Gasteiger partial charge in [-0.2, -0.15) is 18.2 Å². The molecule has 3 rings (SSSR count). The van der Waals surface area contributed by atoms with Gasteiger partial charge in [0.25, 0.3) is 0 Å². The average molecular weight is 372 g/mol. The molecule has 2 aliphatic rings. The highest BCUT2D eigenvalue weighted by molar-refractivity contribution is 8.28. The number of amidine groups is 2. The van der Waals surface area contributed by atoms with Crippen molar-refractivity contribution in [3.63, 3.8) is 0 Å². The first-order valence-electron chi connectivity index (χ1n) is 7.99. The number of aliphatic hydroxyl groups excluding tert-OH is 1. The highest BCUT2D eigenvalue weighted by atomic mass is 32.2. The van der Waals surface area contributed by atoms with Crippen LogP contribution in [0.4, 0.5) is 18.9 Å². The second-order valence-corrected chi connectivity index (χ2v) is 6.93. The SMILES string of the molecule is C[C@@H](O)CN=C1N=C(N2CCN(c3cccc(C(F)(F)F)c3)CC2)S1. The van der Waals surface area contributed by atoms with E-state index in [1.807, 2.05) is 4.90 Å². The summed E-state index contributed by atoms with van der Waals surface area (Å²) < 4.78 is 38.5. The molecule has 5 nitrogen and oxygen atoms in total. The van der Waals surface area contributed by atoms with Crippen molar-refractivity contribution in [3.8, 4) is 0 Å². The molecule has 25 heavy (non-hydrogen) atoms. The van der Waals surface area contributed by atoms with Crippen LogP contribution in [0.2, 0.25) is 0 Å². The van der Waals surface area contributed by atoms with Gasteiger partial charge in [-0.15, -0.1) is 0 Å². The molecule has 9 heteroatoms. The first kappa shape index (κ1) is 18.1. The molecule has 2 heterocycles. The van der Waals surface area contributed by atoms with Gasteiger partial charge in [0.15, 0.2) is 10.3 Å². The molecule has 2 aliphatic heterocycles. The Kier molecular flexibility index (Phi) is 5.24. The van der Waals surface area contributed by atoms with Crippen LogP contribution in [0.5, 0.6) is 0 Å². The van der Waals surface area contributed by atoms with Crippen LogP contribution in [0.1, 0.15) is 12.5 Å². The minimum atomic E-state index is -4.32. The maximum atomic E-state index is 12.8. The third kappa shape index (κ3) is 4.46. The standard InChI is InChI=1S/C16H19F3N4OS/c1-11(24)10-20-14-21-15(25-14)23-7-5-22(6-8-23)13-4-2-3-12(9-13)16(17,18)19/h2-4,9,11,24H,5-8,10H2,1H3/t11-/m1/s1. The first-order chi connectivity index (χ1) is 11.8. The average Bonchev–Trinajstić information content (AvgIpc) is 2.53. The van der Waals surface area contributed by atoms with Gasteiger partial charge in [-0.05, 0) is 36.9 Å². The molecule has 1 aromatic rings. The smallest absolute Gasteiger partial charge is 0.391 e. The molecule has 0 saturated carbocycles. The maximum absolute atomic E-state index is 12.8. The Hall–Kier alpha value is -1.74. The number of benzene rings is 1. The molecule has 0 radical (unpaired) electrons. The second-order valence-electron chi connectivity index (χ2n) is 5.99.